The first-order valence-electron chi connectivity index (χ1n) is 9.11. The van der Waals surface area contributed by atoms with Gasteiger partial charge in [0, 0.05) is 0 Å². The van der Waals surface area contributed by atoms with E-state index in [1.54, 1.807) is 56.3 Å². The second kappa shape index (κ2) is 8.50. The van der Waals surface area contributed by atoms with Gasteiger partial charge in [-0.25, -0.2) is 4.79 Å². The zero-order valence-electron chi connectivity index (χ0n) is 16.7. The predicted octanol–water partition coefficient (Wildman–Crippen LogP) is 2.79. The molecule has 3 aromatic rings. The molecule has 0 atom stereocenters. The first-order chi connectivity index (χ1) is 14.2. The maximum absolute atomic E-state index is 12.8. The summed E-state index contributed by atoms with van der Waals surface area (Å²) in [5.41, 5.74) is 0.662. The quantitative estimate of drug-likeness (QED) is 0.439. The van der Waals surface area contributed by atoms with Gasteiger partial charge in [-0.3, -0.25) is 4.79 Å². The van der Waals surface area contributed by atoms with Crippen molar-refractivity contribution in [2.75, 3.05) is 6.61 Å². The average molecular weight is 428 g/mol. The normalized spacial score (nSPS) is 11.2. The summed E-state index contributed by atoms with van der Waals surface area (Å²) in [4.78, 5) is 24.9. The van der Waals surface area contributed by atoms with Crippen LogP contribution in [0.2, 0.25) is 0 Å². The van der Waals surface area contributed by atoms with Gasteiger partial charge in [-0.15, -0.1) is 0 Å². The molecular formula is C21H20N2O6S. The van der Waals surface area contributed by atoms with Crippen molar-refractivity contribution in [1.82, 2.24) is 9.78 Å². The minimum Gasteiger partial charge on any atom is -0.461 e. The highest BCUT2D eigenvalue weighted by atomic mass is 32.2. The van der Waals surface area contributed by atoms with E-state index in [0.29, 0.717) is 11.3 Å². The van der Waals surface area contributed by atoms with Crippen molar-refractivity contribution in [3.63, 3.8) is 0 Å². The van der Waals surface area contributed by atoms with Gasteiger partial charge >= 0.3 is 16.1 Å². The number of aromatic nitrogens is 2. The van der Waals surface area contributed by atoms with Gasteiger partial charge < -0.3 is 8.92 Å². The Balaban J connectivity index is 2.12. The summed E-state index contributed by atoms with van der Waals surface area (Å²) >= 11 is 0. The third kappa shape index (κ3) is 4.41. The zero-order chi connectivity index (χ0) is 21.9. The van der Waals surface area contributed by atoms with Gasteiger partial charge in [0.2, 0.25) is 5.69 Å². The molecule has 0 aliphatic heterocycles. The van der Waals surface area contributed by atoms with E-state index < -0.39 is 33.1 Å². The van der Waals surface area contributed by atoms with Crippen LogP contribution in [0.4, 0.5) is 0 Å². The predicted molar refractivity (Wildman–Crippen MR) is 110 cm³/mol. The first-order valence-corrected chi connectivity index (χ1v) is 10.5. The minimum atomic E-state index is -4.32. The fraction of sp³-hybridized carbons (Fsp3) is 0.190. The van der Waals surface area contributed by atoms with Gasteiger partial charge in [0.05, 0.1) is 18.4 Å². The fourth-order valence-corrected chi connectivity index (χ4v) is 3.98. The molecular weight excluding hydrogens is 408 g/mol. The van der Waals surface area contributed by atoms with Gasteiger partial charge in [0.15, 0.2) is 5.75 Å². The van der Waals surface area contributed by atoms with Crippen LogP contribution >= 0.6 is 0 Å². The van der Waals surface area contributed by atoms with Gasteiger partial charge in [0.25, 0.3) is 5.56 Å². The van der Waals surface area contributed by atoms with Crippen LogP contribution in [0, 0.1) is 13.8 Å². The summed E-state index contributed by atoms with van der Waals surface area (Å²) in [6.45, 7) is 5.09. The van der Waals surface area contributed by atoms with Crippen molar-refractivity contribution in [2.45, 2.75) is 25.7 Å². The molecule has 2 aromatic carbocycles. The van der Waals surface area contributed by atoms with Gasteiger partial charge in [0.1, 0.15) is 4.90 Å². The molecule has 30 heavy (non-hydrogen) atoms. The summed E-state index contributed by atoms with van der Waals surface area (Å²) in [5, 5.41) is 4.02. The monoisotopic (exact) mass is 428 g/mol. The molecule has 0 aliphatic carbocycles. The van der Waals surface area contributed by atoms with E-state index in [9.17, 15) is 18.0 Å². The average Bonchev–Trinajstić information content (AvgIpc) is 2.68. The zero-order valence-corrected chi connectivity index (χ0v) is 17.5. The summed E-state index contributed by atoms with van der Waals surface area (Å²) in [6.07, 6.45) is 0. The summed E-state index contributed by atoms with van der Waals surface area (Å²) in [6, 6.07) is 14.0. The molecule has 0 radical (unpaired) electrons. The summed E-state index contributed by atoms with van der Waals surface area (Å²) in [7, 11) is -4.32. The lowest BCUT2D eigenvalue weighted by molar-refractivity contribution is 0.0515. The van der Waals surface area contributed by atoms with Crippen molar-refractivity contribution in [1.29, 1.82) is 0 Å². The second-order valence-corrected chi connectivity index (χ2v) is 7.98. The standard InChI is InChI=1S/C21H20N2O6S/c1-4-28-21(25)20-17(13-19(24)23(22-20)16-8-6-5-7-9-16)29-30(26,27)18-11-10-14(2)12-15(18)3/h5-13H,4H2,1-3H3. The lowest BCUT2D eigenvalue weighted by Gasteiger charge is -2.13. The number of hydrogen-bond acceptors (Lipinski definition) is 7. The fourth-order valence-electron chi connectivity index (χ4n) is 2.84. The van der Waals surface area contributed by atoms with Crippen molar-refractivity contribution in [2.24, 2.45) is 0 Å². The molecule has 0 N–H and O–H groups in total. The number of para-hydroxylation sites is 1. The number of nitrogens with zero attached hydrogens (tertiary/aromatic N) is 2. The lowest BCUT2D eigenvalue weighted by Crippen LogP contribution is -2.26. The Bertz CT molecular complexity index is 1250. The number of benzene rings is 2. The highest BCUT2D eigenvalue weighted by Crippen LogP contribution is 2.24. The van der Waals surface area contributed by atoms with Gasteiger partial charge in [-0.1, -0.05) is 35.9 Å². The van der Waals surface area contributed by atoms with Crippen molar-refractivity contribution < 1.29 is 22.1 Å². The van der Waals surface area contributed by atoms with E-state index in [4.69, 9.17) is 8.92 Å². The third-order valence-corrected chi connectivity index (χ3v) is 5.56. The molecule has 0 unspecified atom stereocenters. The van der Waals surface area contributed by atoms with Crippen LogP contribution in [-0.2, 0) is 14.9 Å². The van der Waals surface area contributed by atoms with Crippen LogP contribution in [0.15, 0.2) is 64.3 Å². The Labute approximate surface area is 173 Å². The molecule has 0 spiro atoms. The number of carbonyl (C=O) groups is 1. The molecule has 0 bridgehead atoms. The number of esters is 1. The Kier molecular flexibility index (Phi) is 6.02. The molecule has 1 heterocycles. The van der Waals surface area contributed by atoms with E-state index in [0.717, 1.165) is 16.3 Å². The molecule has 0 saturated carbocycles. The van der Waals surface area contributed by atoms with E-state index >= 15 is 0 Å². The Morgan fingerprint density at radius 1 is 1.07 bits per heavy atom. The topological polar surface area (TPSA) is 105 Å². The largest absolute Gasteiger partial charge is 0.461 e. The van der Waals surface area contributed by atoms with Crippen molar-refractivity contribution in [3.8, 4) is 11.4 Å². The molecule has 9 heteroatoms. The van der Waals surface area contributed by atoms with Crippen LogP contribution in [-0.4, -0.2) is 30.8 Å². The van der Waals surface area contributed by atoms with Gasteiger partial charge in [-0.2, -0.15) is 18.2 Å². The van der Waals surface area contributed by atoms with Crippen LogP contribution in [0.3, 0.4) is 0 Å². The Morgan fingerprint density at radius 3 is 2.40 bits per heavy atom. The van der Waals surface area contributed by atoms with E-state index in [2.05, 4.69) is 5.10 Å². The van der Waals surface area contributed by atoms with E-state index in [1.165, 1.54) is 6.07 Å². The molecule has 3 rings (SSSR count). The van der Waals surface area contributed by atoms with Crippen LogP contribution < -0.4 is 9.74 Å². The maximum atomic E-state index is 12.8. The molecule has 0 saturated heterocycles. The number of hydrogen-bond donors (Lipinski definition) is 0. The number of carbonyl (C=O) groups excluding carboxylic acids is 1. The molecule has 0 aliphatic rings. The SMILES string of the molecule is CCOC(=O)c1nn(-c2ccccc2)c(=O)cc1OS(=O)(=O)c1ccc(C)cc1C. The Hall–Kier alpha value is -3.46. The van der Waals surface area contributed by atoms with E-state index in [1.807, 2.05) is 6.92 Å². The van der Waals surface area contributed by atoms with Crippen LogP contribution in [0.1, 0.15) is 28.5 Å². The molecule has 8 nitrogen and oxygen atoms in total. The molecule has 0 amide bonds. The van der Waals surface area contributed by atoms with E-state index in [-0.39, 0.29) is 11.5 Å². The van der Waals surface area contributed by atoms with Crippen molar-refractivity contribution in [3.05, 3.63) is 81.8 Å². The second-order valence-electron chi connectivity index (χ2n) is 6.47. The highest BCUT2D eigenvalue weighted by molar-refractivity contribution is 7.87. The number of rotatable bonds is 6. The number of ether oxygens (including phenoxy) is 1. The number of aryl methyl sites for hydroxylation is 2. The highest BCUT2D eigenvalue weighted by Gasteiger charge is 2.26. The summed E-state index contributed by atoms with van der Waals surface area (Å²) in [5.74, 6) is -1.40. The molecule has 0 fully saturated rings. The minimum absolute atomic E-state index is 0.0359. The Morgan fingerprint density at radius 2 is 1.77 bits per heavy atom. The summed E-state index contributed by atoms with van der Waals surface area (Å²) < 4.78 is 36.8. The lowest BCUT2D eigenvalue weighted by atomic mass is 10.2. The van der Waals surface area contributed by atoms with Gasteiger partial charge in [-0.05, 0) is 44.5 Å². The maximum Gasteiger partial charge on any atom is 0.362 e. The smallest absolute Gasteiger partial charge is 0.362 e. The third-order valence-electron chi connectivity index (χ3n) is 4.17. The molecule has 1 aromatic heterocycles. The van der Waals surface area contributed by atoms with Crippen LogP contribution in [0.25, 0.3) is 5.69 Å². The van der Waals surface area contributed by atoms with Crippen molar-refractivity contribution >= 4 is 16.1 Å². The van der Waals surface area contributed by atoms with Crippen LogP contribution in [0.5, 0.6) is 5.75 Å². The first kappa shape index (κ1) is 21.3. The molecule has 156 valence electrons.